The van der Waals surface area contributed by atoms with Crippen molar-refractivity contribution in [3.63, 3.8) is 0 Å². The summed E-state index contributed by atoms with van der Waals surface area (Å²) in [6.45, 7) is 14.6. The van der Waals surface area contributed by atoms with Crippen LogP contribution in [0.1, 0.15) is 40.0 Å². The highest BCUT2D eigenvalue weighted by molar-refractivity contribution is 8.14. The molecule has 3 atom stereocenters. The Kier molecular flexibility index (Phi) is 7.76. The van der Waals surface area contributed by atoms with Crippen LogP contribution < -0.4 is 0 Å². The maximum Gasteiger partial charge on any atom is 0.00850 e. The van der Waals surface area contributed by atoms with Crippen LogP contribution in [0.5, 0.6) is 0 Å². The molecule has 0 nitrogen and oxygen atoms in total. The summed E-state index contributed by atoms with van der Waals surface area (Å²) in [6, 6.07) is 0. The van der Waals surface area contributed by atoms with Crippen LogP contribution in [0.2, 0.25) is 0 Å². The molecule has 88 valence electrons. The topological polar surface area (TPSA) is 0 Å². The number of hydrogen-bond donors (Lipinski definition) is 0. The fourth-order valence-corrected chi connectivity index (χ4v) is 3.32. The molecule has 0 fully saturated rings. The first-order chi connectivity index (χ1) is 7.02. The summed E-state index contributed by atoms with van der Waals surface area (Å²) in [7, 11) is 0.201. The quantitative estimate of drug-likeness (QED) is 0.418. The summed E-state index contributed by atoms with van der Waals surface area (Å²) in [5.41, 5.74) is 1.25. The fourth-order valence-electron chi connectivity index (χ4n) is 1.68. The molecule has 0 aromatic heterocycles. The number of rotatable bonds is 8. The Labute approximate surface area is 98.4 Å². The first-order valence-electron chi connectivity index (χ1n) is 5.79. The van der Waals surface area contributed by atoms with Crippen molar-refractivity contribution in [1.29, 1.82) is 0 Å². The van der Waals surface area contributed by atoms with Gasteiger partial charge in [-0.1, -0.05) is 50.8 Å². The van der Waals surface area contributed by atoms with Gasteiger partial charge in [-0.15, -0.1) is 6.58 Å². The van der Waals surface area contributed by atoms with E-state index in [1.165, 1.54) is 24.8 Å². The standard InChI is InChI=1S/C14H26S/c1-7-9-10-14(8-2)13(5)15(6)11-12(3)4/h8,13-14H,2-3,6-7,9-11H2,1,4-5H3. The first kappa shape index (κ1) is 14.7. The van der Waals surface area contributed by atoms with Gasteiger partial charge in [0.25, 0.3) is 0 Å². The molecule has 0 amide bonds. The molecule has 0 rings (SSSR count). The molecule has 15 heavy (non-hydrogen) atoms. The molecular weight excluding hydrogens is 200 g/mol. The molecule has 0 aliphatic heterocycles. The highest BCUT2D eigenvalue weighted by atomic mass is 32.2. The van der Waals surface area contributed by atoms with Gasteiger partial charge < -0.3 is 0 Å². The monoisotopic (exact) mass is 226 g/mol. The predicted octanol–water partition coefficient (Wildman–Crippen LogP) is 4.64. The maximum atomic E-state index is 4.27. The Morgan fingerprint density at radius 2 is 2.07 bits per heavy atom. The molecule has 0 heterocycles. The number of unbranched alkanes of at least 4 members (excludes halogenated alkanes) is 1. The zero-order valence-corrected chi connectivity index (χ0v) is 11.4. The van der Waals surface area contributed by atoms with Crippen LogP contribution in [0.3, 0.4) is 0 Å². The highest BCUT2D eigenvalue weighted by Crippen LogP contribution is 2.30. The van der Waals surface area contributed by atoms with Crippen molar-refractivity contribution in [2.24, 2.45) is 5.92 Å². The van der Waals surface area contributed by atoms with Crippen LogP contribution in [-0.2, 0) is 0 Å². The third kappa shape index (κ3) is 5.99. The second kappa shape index (κ2) is 7.92. The molecule has 0 aliphatic carbocycles. The average molecular weight is 226 g/mol. The van der Waals surface area contributed by atoms with E-state index in [0.29, 0.717) is 11.2 Å². The Bertz CT molecular complexity index is 227. The summed E-state index contributed by atoms with van der Waals surface area (Å²) < 4.78 is 0. The van der Waals surface area contributed by atoms with Gasteiger partial charge >= 0.3 is 0 Å². The molecule has 0 bridgehead atoms. The molecule has 0 radical (unpaired) electrons. The van der Waals surface area contributed by atoms with Gasteiger partial charge in [0, 0.05) is 11.0 Å². The largest absolute Gasteiger partial charge is 0.186 e. The summed E-state index contributed by atoms with van der Waals surface area (Å²) in [4.78, 5) is 0. The molecule has 0 spiro atoms. The highest BCUT2D eigenvalue weighted by Gasteiger charge is 2.15. The van der Waals surface area contributed by atoms with Crippen LogP contribution in [0.15, 0.2) is 24.8 Å². The van der Waals surface area contributed by atoms with E-state index < -0.39 is 0 Å². The zero-order chi connectivity index (χ0) is 11.8. The Morgan fingerprint density at radius 3 is 2.47 bits per heavy atom. The smallest absolute Gasteiger partial charge is 0.00850 e. The number of allylic oxidation sites excluding steroid dienone is 1. The van der Waals surface area contributed by atoms with E-state index in [0.717, 1.165) is 5.75 Å². The van der Waals surface area contributed by atoms with Gasteiger partial charge in [-0.3, -0.25) is 0 Å². The van der Waals surface area contributed by atoms with Crippen molar-refractivity contribution in [1.82, 2.24) is 0 Å². The van der Waals surface area contributed by atoms with Crippen molar-refractivity contribution >= 4 is 16.4 Å². The second-order valence-electron chi connectivity index (χ2n) is 4.39. The molecule has 0 saturated carbocycles. The minimum absolute atomic E-state index is 0.201. The molecule has 1 heteroatoms. The summed E-state index contributed by atoms with van der Waals surface area (Å²) in [6.07, 6.45) is 5.94. The van der Waals surface area contributed by atoms with Crippen LogP contribution in [0, 0.1) is 5.92 Å². The minimum atomic E-state index is 0.201. The third-order valence-corrected chi connectivity index (χ3v) is 5.02. The van der Waals surface area contributed by atoms with Crippen molar-refractivity contribution in [3.05, 3.63) is 24.8 Å². The van der Waals surface area contributed by atoms with E-state index in [1.54, 1.807) is 0 Å². The lowest BCUT2D eigenvalue weighted by atomic mass is 9.99. The van der Waals surface area contributed by atoms with E-state index in [4.69, 9.17) is 0 Å². The Hall–Kier alpha value is -0.300. The molecule has 0 N–H and O–H groups in total. The Balaban J connectivity index is 4.23. The normalized spacial score (nSPS) is 16.7. The van der Waals surface area contributed by atoms with Crippen LogP contribution in [0.4, 0.5) is 0 Å². The van der Waals surface area contributed by atoms with E-state index in [2.05, 4.69) is 45.9 Å². The fraction of sp³-hybridized carbons (Fsp3) is 0.643. The second-order valence-corrected chi connectivity index (χ2v) is 6.49. The van der Waals surface area contributed by atoms with Crippen molar-refractivity contribution < 1.29 is 0 Å². The molecule has 3 unspecified atom stereocenters. The van der Waals surface area contributed by atoms with Gasteiger partial charge in [0.05, 0.1) is 0 Å². The van der Waals surface area contributed by atoms with E-state index in [9.17, 15) is 0 Å². The maximum absolute atomic E-state index is 4.27. The SMILES string of the molecule is C=CC(CCCC)C(C)S(=C)CC(=C)C. The number of hydrogen-bond acceptors (Lipinski definition) is 0. The van der Waals surface area contributed by atoms with Gasteiger partial charge in [-0.2, -0.15) is 10.5 Å². The van der Waals surface area contributed by atoms with Crippen LogP contribution in [-0.4, -0.2) is 16.9 Å². The summed E-state index contributed by atoms with van der Waals surface area (Å²) in [5.74, 6) is 5.97. The third-order valence-electron chi connectivity index (χ3n) is 2.75. The summed E-state index contributed by atoms with van der Waals surface area (Å²) >= 11 is 0. The van der Waals surface area contributed by atoms with Crippen LogP contribution >= 0.6 is 10.5 Å². The summed E-state index contributed by atoms with van der Waals surface area (Å²) in [5, 5.41) is 0.644. The lowest BCUT2D eigenvalue weighted by molar-refractivity contribution is 0.551. The van der Waals surface area contributed by atoms with Crippen molar-refractivity contribution in [3.8, 4) is 0 Å². The molecule has 0 saturated heterocycles. The molecular formula is C14H26S. The van der Waals surface area contributed by atoms with Crippen molar-refractivity contribution in [2.75, 3.05) is 5.75 Å². The van der Waals surface area contributed by atoms with Gasteiger partial charge in [0.2, 0.25) is 0 Å². The average Bonchev–Trinajstić information content (AvgIpc) is 2.17. The minimum Gasteiger partial charge on any atom is -0.186 e. The van der Waals surface area contributed by atoms with Gasteiger partial charge in [0.15, 0.2) is 0 Å². The van der Waals surface area contributed by atoms with Crippen LogP contribution in [0.25, 0.3) is 0 Å². The molecule has 0 aromatic carbocycles. The van der Waals surface area contributed by atoms with Gasteiger partial charge in [-0.25, -0.2) is 0 Å². The van der Waals surface area contributed by atoms with Gasteiger partial charge in [0.1, 0.15) is 0 Å². The van der Waals surface area contributed by atoms with E-state index >= 15 is 0 Å². The van der Waals surface area contributed by atoms with E-state index in [1.807, 2.05) is 0 Å². The first-order valence-corrected chi connectivity index (χ1v) is 7.41. The molecule has 0 aliphatic rings. The van der Waals surface area contributed by atoms with Gasteiger partial charge in [-0.05, 0) is 19.3 Å². The van der Waals surface area contributed by atoms with Crippen molar-refractivity contribution in [2.45, 2.75) is 45.3 Å². The lowest BCUT2D eigenvalue weighted by Gasteiger charge is -2.24. The molecule has 0 aromatic rings. The lowest BCUT2D eigenvalue weighted by Crippen LogP contribution is -2.14. The predicted molar refractivity (Wildman–Crippen MR) is 77.1 cm³/mol. The van der Waals surface area contributed by atoms with E-state index in [-0.39, 0.29) is 10.5 Å². The Morgan fingerprint density at radius 1 is 1.47 bits per heavy atom. The zero-order valence-electron chi connectivity index (χ0n) is 10.6.